The van der Waals surface area contributed by atoms with E-state index in [-0.39, 0.29) is 0 Å². The van der Waals surface area contributed by atoms with Crippen molar-refractivity contribution >= 4 is 27.7 Å². The number of unbranched alkanes of at least 4 members (excludes halogenated alkanes) is 3. The van der Waals surface area contributed by atoms with E-state index in [1.807, 2.05) is 6.92 Å². The highest BCUT2D eigenvalue weighted by atomic mass is 79.9. The minimum Gasteiger partial charge on any atom is -0.369 e. The number of nitrogens with zero attached hydrogens (tertiary/aromatic N) is 2. The van der Waals surface area contributed by atoms with Crippen molar-refractivity contribution in [1.82, 2.24) is 9.97 Å². The van der Waals surface area contributed by atoms with Gasteiger partial charge in [0.1, 0.15) is 5.82 Å². The van der Waals surface area contributed by atoms with Crippen molar-refractivity contribution < 1.29 is 0 Å². The fourth-order valence-corrected chi connectivity index (χ4v) is 1.82. The molecule has 0 spiro atoms. The SMILES string of the molecule is CCCCCCNc1nc(NCC)ncc1Br. The molecule has 0 radical (unpaired) electrons. The van der Waals surface area contributed by atoms with E-state index >= 15 is 0 Å². The van der Waals surface area contributed by atoms with Crippen LogP contribution in [0.1, 0.15) is 39.5 Å². The molecule has 1 rings (SSSR count). The molecule has 96 valence electrons. The summed E-state index contributed by atoms with van der Waals surface area (Å²) in [4.78, 5) is 8.58. The first-order valence-electron chi connectivity index (χ1n) is 6.28. The van der Waals surface area contributed by atoms with Gasteiger partial charge in [0.25, 0.3) is 0 Å². The molecule has 5 heteroatoms. The van der Waals surface area contributed by atoms with E-state index in [1.54, 1.807) is 6.20 Å². The predicted molar refractivity (Wildman–Crippen MR) is 76.5 cm³/mol. The molecule has 0 aliphatic rings. The highest BCUT2D eigenvalue weighted by molar-refractivity contribution is 9.10. The Morgan fingerprint density at radius 2 is 2.00 bits per heavy atom. The van der Waals surface area contributed by atoms with Gasteiger partial charge >= 0.3 is 0 Å². The van der Waals surface area contributed by atoms with Crippen molar-refractivity contribution in [2.75, 3.05) is 23.7 Å². The van der Waals surface area contributed by atoms with E-state index in [4.69, 9.17) is 0 Å². The van der Waals surface area contributed by atoms with Crippen molar-refractivity contribution in [1.29, 1.82) is 0 Å². The Balaban J connectivity index is 2.42. The van der Waals surface area contributed by atoms with E-state index in [1.165, 1.54) is 25.7 Å². The second-order valence-electron chi connectivity index (χ2n) is 3.91. The van der Waals surface area contributed by atoms with Gasteiger partial charge in [0, 0.05) is 19.3 Å². The number of nitrogens with one attached hydrogen (secondary N) is 2. The molecule has 0 atom stereocenters. The van der Waals surface area contributed by atoms with E-state index in [0.717, 1.165) is 23.4 Å². The van der Waals surface area contributed by atoms with Gasteiger partial charge in [0.2, 0.25) is 5.95 Å². The van der Waals surface area contributed by atoms with Crippen LogP contribution >= 0.6 is 15.9 Å². The van der Waals surface area contributed by atoms with E-state index in [0.29, 0.717) is 5.95 Å². The van der Waals surface area contributed by atoms with E-state index in [9.17, 15) is 0 Å². The zero-order valence-corrected chi connectivity index (χ0v) is 12.2. The highest BCUT2D eigenvalue weighted by Gasteiger charge is 2.03. The third-order valence-corrected chi connectivity index (χ3v) is 2.98. The number of anilines is 2. The molecule has 2 N–H and O–H groups in total. The molecule has 0 amide bonds. The van der Waals surface area contributed by atoms with Crippen LogP contribution in [0.15, 0.2) is 10.7 Å². The van der Waals surface area contributed by atoms with Gasteiger partial charge < -0.3 is 10.6 Å². The van der Waals surface area contributed by atoms with Gasteiger partial charge in [-0.25, -0.2) is 4.98 Å². The summed E-state index contributed by atoms with van der Waals surface area (Å²) in [7, 11) is 0. The van der Waals surface area contributed by atoms with Crippen molar-refractivity contribution in [3.8, 4) is 0 Å². The van der Waals surface area contributed by atoms with Gasteiger partial charge in [-0.1, -0.05) is 26.2 Å². The molecular weight excluding hydrogens is 280 g/mol. The molecule has 0 saturated heterocycles. The van der Waals surface area contributed by atoms with Gasteiger partial charge in [-0.3, -0.25) is 0 Å². The molecule has 0 saturated carbocycles. The summed E-state index contributed by atoms with van der Waals surface area (Å²) >= 11 is 3.45. The summed E-state index contributed by atoms with van der Waals surface area (Å²) in [5.41, 5.74) is 0. The zero-order chi connectivity index (χ0) is 12.5. The first kappa shape index (κ1) is 14.2. The molecule has 0 aliphatic carbocycles. The third-order valence-electron chi connectivity index (χ3n) is 2.40. The van der Waals surface area contributed by atoms with Crippen LogP contribution in [0.25, 0.3) is 0 Å². The predicted octanol–water partition coefficient (Wildman–Crippen LogP) is 3.66. The Hall–Kier alpha value is -0.840. The Labute approximate surface area is 112 Å². The van der Waals surface area contributed by atoms with E-state index in [2.05, 4.69) is 43.5 Å². The van der Waals surface area contributed by atoms with Crippen LogP contribution in [0.2, 0.25) is 0 Å². The summed E-state index contributed by atoms with van der Waals surface area (Å²) in [6, 6.07) is 0. The van der Waals surface area contributed by atoms with Gasteiger partial charge in [-0.2, -0.15) is 4.98 Å². The summed E-state index contributed by atoms with van der Waals surface area (Å²) in [5, 5.41) is 6.44. The largest absolute Gasteiger partial charge is 0.369 e. The van der Waals surface area contributed by atoms with Crippen molar-refractivity contribution in [3.05, 3.63) is 10.7 Å². The number of hydrogen-bond acceptors (Lipinski definition) is 4. The zero-order valence-electron chi connectivity index (χ0n) is 10.6. The molecule has 17 heavy (non-hydrogen) atoms. The second kappa shape index (κ2) is 8.28. The van der Waals surface area contributed by atoms with Crippen LogP contribution in [0.5, 0.6) is 0 Å². The molecular formula is C12H21BrN4. The average molecular weight is 301 g/mol. The molecule has 0 aromatic carbocycles. The highest BCUT2D eigenvalue weighted by Crippen LogP contribution is 2.20. The molecule has 0 bridgehead atoms. The molecule has 0 aliphatic heterocycles. The Kier molecular flexibility index (Phi) is 6.93. The van der Waals surface area contributed by atoms with Crippen LogP contribution in [0.3, 0.4) is 0 Å². The Bertz CT molecular complexity index is 330. The first-order chi connectivity index (χ1) is 8.27. The monoisotopic (exact) mass is 300 g/mol. The normalized spacial score (nSPS) is 10.3. The van der Waals surface area contributed by atoms with Crippen LogP contribution in [-0.2, 0) is 0 Å². The van der Waals surface area contributed by atoms with Crippen LogP contribution < -0.4 is 10.6 Å². The van der Waals surface area contributed by atoms with Crippen LogP contribution in [0.4, 0.5) is 11.8 Å². The van der Waals surface area contributed by atoms with Crippen molar-refractivity contribution in [2.24, 2.45) is 0 Å². The second-order valence-corrected chi connectivity index (χ2v) is 4.76. The number of halogens is 1. The molecule has 1 aromatic rings. The Morgan fingerprint density at radius 1 is 1.18 bits per heavy atom. The topological polar surface area (TPSA) is 49.8 Å². The van der Waals surface area contributed by atoms with Gasteiger partial charge in [-0.15, -0.1) is 0 Å². The Morgan fingerprint density at radius 3 is 2.71 bits per heavy atom. The summed E-state index contributed by atoms with van der Waals surface area (Å²) < 4.78 is 0.912. The minimum atomic E-state index is 0.673. The fourth-order valence-electron chi connectivity index (χ4n) is 1.49. The maximum absolute atomic E-state index is 4.40. The molecule has 1 heterocycles. The molecule has 1 aromatic heterocycles. The lowest BCUT2D eigenvalue weighted by molar-refractivity contribution is 0.684. The molecule has 4 nitrogen and oxygen atoms in total. The van der Waals surface area contributed by atoms with Crippen LogP contribution in [0, 0.1) is 0 Å². The standard InChI is InChI=1S/C12H21BrN4/c1-3-5-6-7-8-15-11-10(13)9-16-12(17-11)14-4-2/h9H,3-8H2,1-2H3,(H2,14,15,16,17). The average Bonchev–Trinajstić information content (AvgIpc) is 2.33. The maximum atomic E-state index is 4.40. The van der Waals surface area contributed by atoms with E-state index < -0.39 is 0 Å². The van der Waals surface area contributed by atoms with Crippen molar-refractivity contribution in [2.45, 2.75) is 39.5 Å². The molecule has 0 unspecified atom stereocenters. The van der Waals surface area contributed by atoms with Gasteiger partial charge in [0.15, 0.2) is 0 Å². The lowest BCUT2D eigenvalue weighted by Crippen LogP contribution is -2.08. The first-order valence-corrected chi connectivity index (χ1v) is 7.07. The van der Waals surface area contributed by atoms with Crippen LogP contribution in [-0.4, -0.2) is 23.1 Å². The smallest absolute Gasteiger partial charge is 0.224 e. The minimum absolute atomic E-state index is 0.673. The van der Waals surface area contributed by atoms with Crippen molar-refractivity contribution in [3.63, 3.8) is 0 Å². The lowest BCUT2D eigenvalue weighted by atomic mass is 10.2. The molecule has 0 fully saturated rings. The lowest BCUT2D eigenvalue weighted by Gasteiger charge is -2.09. The van der Waals surface area contributed by atoms with Gasteiger partial charge in [-0.05, 0) is 29.3 Å². The van der Waals surface area contributed by atoms with Gasteiger partial charge in [0.05, 0.1) is 4.47 Å². The quantitative estimate of drug-likeness (QED) is 0.719. The number of hydrogen-bond donors (Lipinski definition) is 2. The summed E-state index contributed by atoms with van der Waals surface area (Å²) in [6.07, 6.45) is 6.80. The summed E-state index contributed by atoms with van der Waals surface area (Å²) in [6.45, 7) is 6.04. The fraction of sp³-hybridized carbons (Fsp3) is 0.667. The maximum Gasteiger partial charge on any atom is 0.224 e. The third kappa shape index (κ3) is 5.35. The summed E-state index contributed by atoms with van der Waals surface area (Å²) in [5.74, 6) is 1.54. The number of aromatic nitrogens is 2. The number of rotatable bonds is 8.